The fourth-order valence-corrected chi connectivity index (χ4v) is 2.88. The summed E-state index contributed by atoms with van der Waals surface area (Å²) in [5.41, 5.74) is 2.90. The van der Waals surface area contributed by atoms with Gasteiger partial charge in [-0.05, 0) is 12.1 Å². The number of aromatic nitrogens is 6. The molecular weight excluding hydrogens is 358 g/mol. The summed E-state index contributed by atoms with van der Waals surface area (Å²) in [6, 6.07) is 13.7. The third kappa shape index (κ3) is 3.47. The first kappa shape index (κ1) is 17.8. The summed E-state index contributed by atoms with van der Waals surface area (Å²) in [6.45, 7) is 0.211. The standard InChI is InChI=1S/C19H19N7O2/c1-20-16-15-17(24-19(23-16)28-11-14-9-6-10-22-25-14)26(12-21-15)18(27-2)13-7-4-3-5-8-13/h3-10,12,18H,11H2,1-2H3,(H,20,23,24). The minimum Gasteiger partial charge on any atom is -0.457 e. The van der Waals surface area contributed by atoms with Crippen molar-refractivity contribution in [1.29, 1.82) is 0 Å². The van der Waals surface area contributed by atoms with Crippen molar-refractivity contribution >= 4 is 17.0 Å². The molecule has 28 heavy (non-hydrogen) atoms. The maximum Gasteiger partial charge on any atom is 0.320 e. The predicted molar refractivity (Wildman–Crippen MR) is 103 cm³/mol. The van der Waals surface area contributed by atoms with Gasteiger partial charge < -0.3 is 14.8 Å². The van der Waals surface area contributed by atoms with Crippen LogP contribution in [0.1, 0.15) is 17.5 Å². The van der Waals surface area contributed by atoms with Gasteiger partial charge in [-0.25, -0.2) is 4.98 Å². The summed E-state index contributed by atoms with van der Waals surface area (Å²) in [5, 5.41) is 10.9. The molecule has 3 aromatic heterocycles. The molecule has 0 aliphatic heterocycles. The number of benzene rings is 1. The molecule has 0 saturated carbocycles. The number of hydrogen-bond donors (Lipinski definition) is 1. The highest BCUT2D eigenvalue weighted by Crippen LogP contribution is 2.27. The SMILES string of the molecule is CNc1nc(OCc2cccnn2)nc2c1ncn2C(OC)c1ccccc1. The van der Waals surface area contributed by atoms with Crippen LogP contribution in [0.15, 0.2) is 55.0 Å². The third-order valence-electron chi connectivity index (χ3n) is 4.18. The van der Waals surface area contributed by atoms with Gasteiger partial charge >= 0.3 is 6.01 Å². The van der Waals surface area contributed by atoms with Crippen molar-refractivity contribution in [2.75, 3.05) is 19.5 Å². The minimum atomic E-state index is -0.376. The summed E-state index contributed by atoms with van der Waals surface area (Å²) < 4.78 is 13.3. The average molecular weight is 377 g/mol. The molecule has 142 valence electrons. The molecule has 0 bridgehead atoms. The highest BCUT2D eigenvalue weighted by atomic mass is 16.5. The van der Waals surface area contributed by atoms with Crippen LogP contribution in [0, 0.1) is 0 Å². The first-order chi connectivity index (χ1) is 13.8. The van der Waals surface area contributed by atoms with Gasteiger partial charge in [0.2, 0.25) is 0 Å². The molecule has 0 amide bonds. The number of rotatable bonds is 7. The molecule has 1 aromatic carbocycles. The lowest BCUT2D eigenvalue weighted by Crippen LogP contribution is -2.13. The molecule has 3 heterocycles. The van der Waals surface area contributed by atoms with Gasteiger partial charge in [0.25, 0.3) is 0 Å². The molecular formula is C19H19N7O2. The van der Waals surface area contributed by atoms with E-state index in [2.05, 4.69) is 30.5 Å². The molecule has 9 nitrogen and oxygen atoms in total. The van der Waals surface area contributed by atoms with E-state index in [1.807, 2.05) is 41.0 Å². The second kappa shape index (κ2) is 7.97. The predicted octanol–water partition coefficient (Wildman–Crippen LogP) is 2.43. The zero-order valence-corrected chi connectivity index (χ0v) is 15.5. The number of methoxy groups -OCH3 is 1. The number of imidazole rings is 1. The van der Waals surface area contributed by atoms with Crippen molar-refractivity contribution in [1.82, 2.24) is 29.7 Å². The molecule has 1 N–H and O–H groups in total. The molecule has 0 saturated heterocycles. The molecule has 0 fully saturated rings. The van der Waals surface area contributed by atoms with Crippen molar-refractivity contribution < 1.29 is 9.47 Å². The Morgan fingerprint density at radius 3 is 2.68 bits per heavy atom. The van der Waals surface area contributed by atoms with E-state index in [4.69, 9.17) is 9.47 Å². The fourth-order valence-electron chi connectivity index (χ4n) is 2.88. The monoisotopic (exact) mass is 377 g/mol. The summed E-state index contributed by atoms with van der Waals surface area (Å²) in [4.78, 5) is 13.4. The van der Waals surface area contributed by atoms with E-state index in [0.29, 0.717) is 22.7 Å². The number of fused-ring (bicyclic) bond motifs is 1. The van der Waals surface area contributed by atoms with Crippen molar-refractivity contribution in [3.05, 3.63) is 66.2 Å². The van der Waals surface area contributed by atoms with Gasteiger partial charge in [0, 0.05) is 25.9 Å². The van der Waals surface area contributed by atoms with E-state index in [1.165, 1.54) is 0 Å². The number of anilines is 1. The summed E-state index contributed by atoms with van der Waals surface area (Å²) in [6.07, 6.45) is 2.92. The second-order valence-electron chi connectivity index (χ2n) is 5.93. The van der Waals surface area contributed by atoms with Crippen LogP contribution in [0.3, 0.4) is 0 Å². The smallest absolute Gasteiger partial charge is 0.320 e. The van der Waals surface area contributed by atoms with E-state index in [-0.39, 0.29) is 18.8 Å². The van der Waals surface area contributed by atoms with Crippen molar-refractivity contribution in [2.24, 2.45) is 0 Å². The Balaban J connectivity index is 1.72. The maximum atomic E-state index is 5.74. The van der Waals surface area contributed by atoms with Gasteiger partial charge in [-0.15, -0.1) is 0 Å². The fraction of sp³-hybridized carbons (Fsp3) is 0.211. The first-order valence-corrected chi connectivity index (χ1v) is 8.69. The zero-order valence-electron chi connectivity index (χ0n) is 15.5. The Hall–Kier alpha value is -3.59. The normalized spacial score (nSPS) is 12.1. The Kier molecular flexibility index (Phi) is 5.07. The molecule has 0 aliphatic carbocycles. The van der Waals surface area contributed by atoms with Crippen molar-refractivity contribution in [3.63, 3.8) is 0 Å². The topological polar surface area (TPSA) is 99.9 Å². The Bertz CT molecular complexity index is 1050. The van der Waals surface area contributed by atoms with Crippen LogP contribution >= 0.6 is 0 Å². The quantitative estimate of drug-likeness (QED) is 0.524. The number of nitrogens with one attached hydrogen (secondary N) is 1. The number of ether oxygens (including phenoxy) is 2. The highest BCUT2D eigenvalue weighted by molar-refractivity contribution is 5.83. The van der Waals surface area contributed by atoms with Gasteiger partial charge in [-0.3, -0.25) is 4.57 Å². The molecule has 4 aromatic rings. The van der Waals surface area contributed by atoms with Crippen LogP contribution in [0.2, 0.25) is 0 Å². The summed E-state index contributed by atoms with van der Waals surface area (Å²) >= 11 is 0. The van der Waals surface area contributed by atoms with E-state index in [9.17, 15) is 0 Å². The van der Waals surface area contributed by atoms with Crippen LogP contribution in [0.5, 0.6) is 6.01 Å². The van der Waals surface area contributed by atoms with Gasteiger partial charge in [0.05, 0.1) is 6.33 Å². The van der Waals surface area contributed by atoms with Crippen LogP contribution in [0.4, 0.5) is 5.82 Å². The van der Waals surface area contributed by atoms with E-state index >= 15 is 0 Å². The molecule has 1 unspecified atom stereocenters. The van der Waals surface area contributed by atoms with Crippen molar-refractivity contribution in [3.8, 4) is 6.01 Å². The largest absolute Gasteiger partial charge is 0.457 e. The summed E-state index contributed by atoms with van der Waals surface area (Å²) in [5.74, 6) is 0.570. The van der Waals surface area contributed by atoms with E-state index in [1.54, 1.807) is 32.7 Å². The van der Waals surface area contributed by atoms with Crippen LogP contribution in [-0.2, 0) is 11.3 Å². The van der Waals surface area contributed by atoms with Crippen LogP contribution < -0.4 is 10.1 Å². The molecule has 0 aliphatic rings. The Morgan fingerprint density at radius 2 is 1.96 bits per heavy atom. The highest BCUT2D eigenvalue weighted by Gasteiger charge is 2.20. The third-order valence-corrected chi connectivity index (χ3v) is 4.18. The number of hydrogen-bond acceptors (Lipinski definition) is 8. The lowest BCUT2D eigenvalue weighted by atomic mass is 10.2. The molecule has 0 radical (unpaired) electrons. The molecule has 9 heteroatoms. The molecule has 0 spiro atoms. The second-order valence-corrected chi connectivity index (χ2v) is 5.93. The van der Waals surface area contributed by atoms with E-state index < -0.39 is 0 Å². The Labute approximate surface area is 161 Å². The minimum absolute atomic E-state index is 0.211. The lowest BCUT2D eigenvalue weighted by Gasteiger charge is -2.18. The molecule has 1 atom stereocenters. The maximum absolute atomic E-state index is 5.74. The van der Waals surface area contributed by atoms with E-state index in [0.717, 1.165) is 5.56 Å². The van der Waals surface area contributed by atoms with Gasteiger partial charge in [0.1, 0.15) is 12.3 Å². The van der Waals surface area contributed by atoms with Crippen molar-refractivity contribution in [2.45, 2.75) is 12.8 Å². The van der Waals surface area contributed by atoms with Crippen LogP contribution in [0.25, 0.3) is 11.2 Å². The zero-order chi connectivity index (χ0) is 19.3. The molecule has 4 rings (SSSR count). The lowest BCUT2D eigenvalue weighted by molar-refractivity contribution is 0.0812. The van der Waals surface area contributed by atoms with Gasteiger partial charge in [0.15, 0.2) is 23.2 Å². The Morgan fingerprint density at radius 1 is 1.11 bits per heavy atom. The summed E-state index contributed by atoms with van der Waals surface area (Å²) in [7, 11) is 3.42. The average Bonchev–Trinajstić information content (AvgIpc) is 3.17. The van der Waals surface area contributed by atoms with Crippen LogP contribution in [-0.4, -0.2) is 43.9 Å². The first-order valence-electron chi connectivity index (χ1n) is 8.69. The van der Waals surface area contributed by atoms with Gasteiger partial charge in [-0.2, -0.15) is 20.2 Å². The van der Waals surface area contributed by atoms with Gasteiger partial charge in [-0.1, -0.05) is 30.3 Å². The number of nitrogens with zero attached hydrogens (tertiary/aromatic N) is 6.